The number of hydrogen-bond acceptors (Lipinski definition) is 8. The van der Waals surface area contributed by atoms with Crippen molar-refractivity contribution in [1.82, 2.24) is 0 Å². The van der Waals surface area contributed by atoms with Crippen molar-refractivity contribution >= 4 is 61.9 Å². The maximum absolute atomic E-state index is 13.3. The van der Waals surface area contributed by atoms with Crippen LogP contribution in [-0.4, -0.2) is 42.5 Å². The fourth-order valence-corrected chi connectivity index (χ4v) is 21.4. The van der Waals surface area contributed by atoms with Crippen LogP contribution in [0.2, 0.25) is 5.82 Å². The lowest BCUT2D eigenvalue weighted by molar-refractivity contribution is 0.200. The van der Waals surface area contributed by atoms with Gasteiger partial charge in [-0.3, -0.25) is 9.13 Å². The zero-order valence-electron chi connectivity index (χ0n) is 17.0. The van der Waals surface area contributed by atoms with E-state index in [1.165, 1.54) is 0 Å². The van der Waals surface area contributed by atoms with Crippen LogP contribution < -0.4 is 0 Å². The summed E-state index contributed by atoms with van der Waals surface area (Å²) in [6, 6.07) is 0. The summed E-state index contributed by atoms with van der Waals surface area (Å²) in [5.74, 6) is 1.49. The summed E-state index contributed by atoms with van der Waals surface area (Å²) in [5.41, 5.74) is 0. The molecule has 1 aliphatic carbocycles. The Morgan fingerprint density at radius 1 is 0.964 bits per heavy atom. The third-order valence-corrected chi connectivity index (χ3v) is 20.6. The Hall–Kier alpha value is 1.68. The van der Waals surface area contributed by atoms with E-state index in [0.29, 0.717) is 23.2 Å². The molecule has 164 valence electrons. The predicted molar refractivity (Wildman–Crippen MR) is 127 cm³/mol. The zero-order chi connectivity index (χ0) is 21.4. The first-order valence-corrected chi connectivity index (χ1v) is 19.5. The summed E-state index contributed by atoms with van der Waals surface area (Å²) in [4.78, 5) is 10.1. The topological polar surface area (TPSA) is 89.9 Å². The molecule has 0 saturated heterocycles. The Morgan fingerprint density at radius 3 is 2.07 bits per heavy atom. The Balaban J connectivity index is 2.91. The largest absolute Gasteiger partial charge is 0.395 e. The summed E-state index contributed by atoms with van der Waals surface area (Å²) in [7, 11) is 6.06. The highest BCUT2D eigenvalue weighted by Crippen LogP contribution is 2.80. The molecule has 0 aliphatic heterocycles. The van der Waals surface area contributed by atoms with Crippen LogP contribution in [-0.2, 0) is 22.5 Å². The SMILES string of the molecule is [B]C1CC(CC)C(COP(=O)(OP(=O)(CP(=O)(O)SCC)SCC)SCC)C1. The lowest BCUT2D eigenvalue weighted by Gasteiger charge is -2.26. The van der Waals surface area contributed by atoms with Gasteiger partial charge in [0.15, 0.2) is 0 Å². The van der Waals surface area contributed by atoms with Crippen molar-refractivity contribution in [2.24, 2.45) is 11.8 Å². The second-order valence-electron chi connectivity index (χ2n) is 6.63. The van der Waals surface area contributed by atoms with E-state index in [4.69, 9.17) is 16.7 Å². The van der Waals surface area contributed by atoms with Gasteiger partial charge in [-0.1, -0.05) is 75.5 Å². The molecule has 0 bridgehead atoms. The molecule has 0 heterocycles. The van der Waals surface area contributed by atoms with E-state index in [1.54, 1.807) is 13.8 Å². The first kappa shape index (κ1) is 27.7. The highest BCUT2D eigenvalue weighted by Gasteiger charge is 2.42. The third-order valence-electron chi connectivity index (χ3n) is 4.37. The summed E-state index contributed by atoms with van der Waals surface area (Å²) >= 11 is 2.79. The van der Waals surface area contributed by atoms with Crippen molar-refractivity contribution in [1.29, 1.82) is 0 Å². The summed E-state index contributed by atoms with van der Waals surface area (Å²) < 4.78 is 50.2. The molecule has 0 aromatic heterocycles. The van der Waals surface area contributed by atoms with Crippen LogP contribution in [0.3, 0.4) is 0 Å². The maximum Gasteiger partial charge on any atom is 0.395 e. The minimum atomic E-state index is -3.73. The van der Waals surface area contributed by atoms with Crippen LogP contribution in [0.1, 0.15) is 47.0 Å². The van der Waals surface area contributed by atoms with Gasteiger partial charge in [0.1, 0.15) is 5.90 Å². The van der Waals surface area contributed by atoms with Crippen LogP contribution in [0.5, 0.6) is 0 Å². The van der Waals surface area contributed by atoms with Gasteiger partial charge < -0.3 is 9.42 Å². The minimum Gasteiger partial charge on any atom is -0.336 e. The highest BCUT2D eigenvalue weighted by atomic mass is 32.8. The molecule has 1 fully saturated rings. The highest BCUT2D eigenvalue weighted by molar-refractivity contribution is 8.65. The van der Waals surface area contributed by atoms with Gasteiger partial charge in [-0.2, -0.15) is 0 Å². The lowest BCUT2D eigenvalue weighted by Crippen LogP contribution is -2.13. The fourth-order valence-electron chi connectivity index (χ4n) is 3.29. The zero-order valence-corrected chi connectivity index (χ0v) is 22.2. The van der Waals surface area contributed by atoms with Crippen molar-refractivity contribution in [3.05, 3.63) is 0 Å². The van der Waals surface area contributed by atoms with Crippen LogP contribution in [0.15, 0.2) is 0 Å². The van der Waals surface area contributed by atoms with E-state index in [0.717, 1.165) is 53.4 Å². The Labute approximate surface area is 183 Å². The monoisotopic (exact) mass is 508 g/mol. The van der Waals surface area contributed by atoms with E-state index in [9.17, 15) is 18.6 Å². The van der Waals surface area contributed by atoms with Crippen LogP contribution >= 0.6 is 54.1 Å². The molecule has 6 unspecified atom stereocenters. The fraction of sp³-hybridized carbons (Fsp3) is 1.00. The molecule has 2 radical (unpaired) electrons. The molecule has 1 N–H and O–H groups in total. The Bertz CT molecular complexity index is 626. The van der Waals surface area contributed by atoms with E-state index < -0.39 is 25.8 Å². The molecule has 1 saturated carbocycles. The van der Waals surface area contributed by atoms with Crippen molar-refractivity contribution in [3.63, 3.8) is 0 Å². The quantitative estimate of drug-likeness (QED) is 0.195. The molecule has 13 heteroatoms. The minimum absolute atomic E-state index is 0.116. The third kappa shape index (κ3) is 9.45. The van der Waals surface area contributed by atoms with Crippen molar-refractivity contribution < 1.29 is 27.4 Å². The summed E-state index contributed by atoms with van der Waals surface area (Å²) in [6.45, 7) is -3.44. The van der Waals surface area contributed by atoms with Gasteiger partial charge in [-0.15, -0.1) is 0 Å². The van der Waals surface area contributed by atoms with Gasteiger partial charge in [0.2, 0.25) is 0 Å². The molecular weight excluding hydrogens is 476 g/mol. The van der Waals surface area contributed by atoms with Crippen molar-refractivity contribution in [2.45, 2.75) is 52.8 Å². The molecule has 1 rings (SSSR count). The first-order chi connectivity index (χ1) is 13.0. The van der Waals surface area contributed by atoms with E-state index in [1.807, 2.05) is 6.92 Å². The number of rotatable bonds is 14. The molecule has 0 aromatic carbocycles. The molecule has 0 aromatic rings. The van der Waals surface area contributed by atoms with E-state index in [2.05, 4.69) is 6.92 Å². The van der Waals surface area contributed by atoms with Crippen LogP contribution in [0.4, 0.5) is 0 Å². The first-order valence-electron chi connectivity index (χ1n) is 9.57. The Kier molecular flexibility index (Phi) is 12.5. The van der Waals surface area contributed by atoms with Crippen LogP contribution in [0, 0.1) is 11.8 Å². The lowest BCUT2D eigenvalue weighted by atomic mass is 9.85. The Morgan fingerprint density at radius 2 is 1.54 bits per heavy atom. The van der Waals surface area contributed by atoms with E-state index >= 15 is 0 Å². The van der Waals surface area contributed by atoms with E-state index in [-0.39, 0.29) is 18.3 Å². The van der Waals surface area contributed by atoms with Crippen molar-refractivity contribution in [3.8, 4) is 0 Å². The molecule has 6 atom stereocenters. The molecule has 0 spiro atoms. The molecule has 6 nitrogen and oxygen atoms in total. The second kappa shape index (κ2) is 12.7. The average Bonchev–Trinajstić information content (AvgIpc) is 2.92. The molecular formula is C15H32BO6P3S3. The summed E-state index contributed by atoms with van der Waals surface area (Å²) in [5, 5.41) is 0. The van der Waals surface area contributed by atoms with Gasteiger partial charge >= 0.3 is 6.80 Å². The normalized spacial score (nSPS) is 29.1. The molecule has 0 amide bonds. The van der Waals surface area contributed by atoms with Crippen molar-refractivity contribution in [2.75, 3.05) is 29.8 Å². The standard InChI is InChI=1S/C15H32BO6P3S3/c1-5-13-9-15(16)10-14(13)11-21-25(20,28-8-4)22-24(19,27-7-3)12-23(17,18)26-6-2/h13-15H,5-12H2,1-4H3,(H,17,18). The summed E-state index contributed by atoms with van der Waals surface area (Å²) in [6.07, 6.45) is 2.69. The smallest absolute Gasteiger partial charge is 0.336 e. The van der Waals surface area contributed by atoms with Gasteiger partial charge in [0.25, 0.3) is 13.1 Å². The maximum atomic E-state index is 13.3. The molecule has 28 heavy (non-hydrogen) atoms. The van der Waals surface area contributed by atoms with Gasteiger partial charge in [-0.05, 0) is 34.7 Å². The van der Waals surface area contributed by atoms with Gasteiger partial charge in [-0.25, -0.2) is 8.88 Å². The number of hydrogen-bond donors (Lipinski definition) is 1. The van der Waals surface area contributed by atoms with Gasteiger partial charge in [0, 0.05) is 5.75 Å². The predicted octanol–water partition coefficient (Wildman–Crippen LogP) is 7.12. The van der Waals surface area contributed by atoms with Gasteiger partial charge in [0.05, 0.1) is 14.5 Å². The van der Waals surface area contributed by atoms with Crippen LogP contribution in [0.25, 0.3) is 0 Å². The second-order valence-corrected chi connectivity index (χ2v) is 21.6. The molecule has 1 aliphatic rings. The average molecular weight is 508 g/mol.